The van der Waals surface area contributed by atoms with Gasteiger partial charge in [0, 0.05) is 31.5 Å². The van der Waals surface area contributed by atoms with Crippen LogP contribution in [-0.4, -0.2) is 22.3 Å². The van der Waals surface area contributed by atoms with E-state index in [1.54, 1.807) is 12.4 Å². The molecule has 1 aromatic carbocycles. The molecule has 4 heteroatoms. The molecule has 1 heterocycles. The summed E-state index contributed by atoms with van der Waals surface area (Å²) in [5, 5.41) is 0. The second-order valence-electron chi connectivity index (χ2n) is 5.43. The number of nitrogens with two attached hydrogens (primary N) is 1. The van der Waals surface area contributed by atoms with Crippen molar-refractivity contribution in [3.8, 4) is 0 Å². The van der Waals surface area contributed by atoms with Crippen molar-refractivity contribution in [1.82, 2.24) is 9.88 Å². The second kappa shape index (κ2) is 7.71. The van der Waals surface area contributed by atoms with Crippen LogP contribution in [0, 0.1) is 5.92 Å². The summed E-state index contributed by atoms with van der Waals surface area (Å²) >= 11 is 0. The van der Waals surface area contributed by atoms with Gasteiger partial charge in [-0.1, -0.05) is 37.3 Å². The molecule has 2 N–H and O–H groups in total. The van der Waals surface area contributed by atoms with Crippen LogP contribution in [0.2, 0.25) is 0 Å². The number of aromatic nitrogens is 1. The fourth-order valence-electron chi connectivity index (χ4n) is 2.46. The van der Waals surface area contributed by atoms with Gasteiger partial charge in [0.15, 0.2) is 0 Å². The Balaban J connectivity index is 2.07. The number of carbonyl (C=O) groups excluding carboxylic acids is 1. The van der Waals surface area contributed by atoms with E-state index in [1.807, 2.05) is 61.2 Å². The van der Waals surface area contributed by atoms with Crippen LogP contribution < -0.4 is 5.73 Å². The van der Waals surface area contributed by atoms with Gasteiger partial charge in [-0.15, -0.1) is 0 Å². The summed E-state index contributed by atoms with van der Waals surface area (Å²) < 4.78 is 0. The molecule has 4 nitrogen and oxygen atoms in total. The van der Waals surface area contributed by atoms with E-state index in [0.29, 0.717) is 13.1 Å². The van der Waals surface area contributed by atoms with Gasteiger partial charge in [-0.2, -0.15) is 0 Å². The summed E-state index contributed by atoms with van der Waals surface area (Å²) in [5.41, 5.74) is 8.33. The lowest BCUT2D eigenvalue weighted by Gasteiger charge is -2.27. The summed E-state index contributed by atoms with van der Waals surface area (Å²) in [6.07, 6.45) is 3.49. The second-order valence-corrected chi connectivity index (χ2v) is 5.43. The van der Waals surface area contributed by atoms with Crippen LogP contribution >= 0.6 is 0 Å². The fourth-order valence-corrected chi connectivity index (χ4v) is 2.46. The molecule has 0 aliphatic heterocycles. The average Bonchev–Trinajstić information content (AvgIpc) is 2.59. The van der Waals surface area contributed by atoms with Crippen LogP contribution in [0.3, 0.4) is 0 Å². The monoisotopic (exact) mass is 297 g/mol. The van der Waals surface area contributed by atoms with Crippen LogP contribution in [-0.2, 0) is 11.3 Å². The number of amides is 1. The molecule has 116 valence electrons. The van der Waals surface area contributed by atoms with Gasteiger partial charge in [-0.3, -0.25) is 9.78 Å². The first-order valence-electron chi connectivity index (χ1n) is 7.61. The van der Waals surface area contributed by atoms with Crippen molar-refractivity contribution >= 4 is 5.91 Å². The molecule has 0 fully saturated rings. The van der Waals surface area contributed by atoms with Gasteiger partial charge in [0.1, 0.15) is 0 Å². The fraction of sp³-hybridized carbons (Fsp3) is 0.333. The summed E-state index contributed by atoms with van der Waals surface area (Å²) in [4.78, 5) is 18.6. The van der Waals surface area contributed by atoms with Gasteiger partial charge >= 0.3 is 0 Å². The first kappa shape index (κ1) is 16.2. The third kappa shape index (κ3) is 3.92. The van der Waals surface area contributed by atoms with Gasteiger partial charge in [0.2, 0.25) is 5.91 Å². The maximum atomic E-state index is 12.7. The largest absolute Gasteiger partial charge is 0.338 e. The first-order chi connectivity index (χ1) is 10.6. The zero-order valence-electron chi connectivity index (χ0n) is 13.1. The molecule has 0 saturated carbocycles. The summed E-state index contributed by atoms with van der Waals surface area (Å²) in [7, 11) is 0. The zero-order valence-corrected chi connectivity index (χ0v) is 13.1. The summed E-state index contributed by atoms with van der Waals surface area (Å²) in [6, 6.07) is 13.3. The molecule has 0 radical (unpaired) electrons. The summed E-state index contributed by atoms with van der Waals surface area (Å²) in [6.45, 7) is 5.13. The van der Waals surface area contributed by atoms with Crippen molar-refractivity contribution in [2.75, 3.05) is 6.54 Å². The number of benzene rings is 1. The highest BCUT2D eigenvalue weighted by molar-refractivity contribution is 5.79. The molecule has 1 aromatic heterocycles. The Kier molecular flexibility index (Phi) is 5.67. The Hall–Kier alpha value is -2.20. The van der Waals surface area contributed by atoms with E-state index >= 15 is 0 Å². The zero-order chi connectivity index (χ0) is 15.9. The van der Waals surface area contributed by atoms with Crippen molar-refractivity contribution in [2.24, 2.45) is 11.7 Å². The average molecular weight is 297 g/mol. The number of nitrogens with zero attached hydrogens (tertiary/aromatic N) is 2. The van der Waals surface area contributed by atoms with Gasteiger partial charge < -0.3 is 10.6 Å². The number of hydrogen-bond donors (Lipinski definition) is 1. The predicted octanol–water partition coefficient (Wildman–Crippen LogP) is 2.77. The van der Waals surface area contributed by atoms with E-state index in [1.165, 1.54) is 0 Å². The minimum Gasteiger partial charge on any atom is -0.338 e. The topological polar surface area (TPSA) is 59.2 Å². The molecule has 2 aromatic rings. The van der Waals surface area contributed by atoms with Gasteiger partial charge in [0.25, 0.3) is 0 Å². The van der Waals surface area contributed by atoms with Crippen LogP contribution in [0.5, 0.6) is 0 Å². The molecule has 2 rings (SSSR count). The number of hydrogen-bond acceptors (Lipinski definition) is 3. The van der Waals surface area contributed by atoms with Crippen LogP contribution in [0.25, 0.3) is 0 Å². The quantitative estimate of drug-likeness (QED) is 0.892. The Labute approximate surface area is 132 Å². The first-order valence-corrected chi connectivity index (χ1v) is 7.61. The third-order valence-electron chi connectivity index (χ3n) is 3.93. The van der Waals surface area contributed by atoms with Crippen LogP contribution in [0.15, 0.2) is 54.9 Å². The van der Waals surface area contributed by atoms with Crippen molar-refractivity contribution in [2.45, 2.75) is 26.4 Å². The highest BCUT2D eigenvalue weighted by Gasteiger charge is 2.26. The van der Waals surface area contributed by atoms with E-state index in [9.17, 15) is 4.79 Å². The molecule has 22 heavy (non-hydrogen) atoms. The van der Waals surface area contributed by atoms with E-state index in [4.69, 9.17) is 5.73 Å². The van der Waals surface area contributed by atoms with Gasteiger partial charge in [0.05, 0.1) is 5.92 Å². The van der Waals surface area contributed by atoms with Crippen LogP contribution in [0.4, 0.5) is 0 Å². The lowest BCUT2D eigenvalue weighted by Crippen LogP contribution is -2.38. The highest BCUT2D eigenvalue weighted by Crippen LogP contribution is 2.21. The number of carbonyl (C=O) groups is 1. The van der Waals surface area contributed by atoms with Crippen molar-refractivity contribution in [3.05, 3.63) is 66.0 Å². The lowest BCUT2D eigenvalue weighted by atomic mass is 9.94. The molecular formula is C18H23N3O. The number of pyridine rings is 1. The molecule has 2 unspecified atom stereocenters. The normalized spacial score (nSPS) is 13.4. The Bertz CT molecular complexity index is 582. The van der Waals surface area contributed by atoms with E-state index in [-0.39, 0.29) is 17.9 Å². The van der Waals surface area contributed by atoms with Gasteiger partial charge in [-0.05, 0) is 30.2 Å². The highest BCUT2D eigenvalue weighted by atomic mass is 16.2. The Morgan fingerprint density at radius 2 is 1.82 bits per heavy atom. The molecule has 1 amide bonds. The van der Waals surface area contributed by atoms with Crippen molar-refractivity contribution in [3.63, 3.8) is 0 Å². The van der Waals surface area contributed by atoms with Crippen molar-refractivity contribution in [1.29, 1.82) is 0 Å². The van der Waals surface area contributed by atoms with E-state index in [0.717, 1.165) is 11.1 Å². The van der Waals surface area contributed by atoms with Gasteiger partial charge in [-0.25, -0.2) is 0 Å². The third-order valence-corrected chi connectivity index (χ3v) is 3.93. The van der Waals surface area contributed by atoms with E-state index < -0.39 is 0 Å². The molecule has 0 aliphatic rings. The Morgan fingerprint density at radius 1 is 1.18 bits per heavy atom. The summed E-state index contributed by atoms with van der Waals surface area (Å²) in [5.74, 6) is -0.181. The van der Waals surface area contributed by atoms with Crippen molar-refractivity contribution < 1.29 is 4.79 Å². The van der Waals surface area contributed by atoms with E-state index in [2.05, 4.69) is 4.98 Å². The SMILES string of the molecule is CCN(Cc1ccncc1)C(=O)C(C)C(N)c1ccccc1. The predicted molar refractivity (Wildman–Crippen MR) is 87.9 cm³/mol. The maximum Gasteiger partial charge on any atom is 0.227 e. The molecule has 0 bridgehead atoms. The minimum absolute atomic E-state index is 0.0793. The van der Waals surface area contributed by atoms with Crippen LogP contribution in [0.1, 0.15) is 31.0 Å². The lowest BCUT2D eigenvalue weighted by molar-refractivity contribution is -0.136. The maximum absolute atomic E-state index is 12.7. The Morgan fingerprint density at radius 3 is 2.41 bits per heavy atom. The molecule has 0 aliphatic carbocycles. The molecule has 0 saturated heterocycles. The standard InChI is InChI=1S/C18H23N3O/c1-3-21(13-15-9-11-20-12-10-15)18(22)14(2)17(19)16-7-5-4-6-8-16/h4-12,14,17H,3,13,19H2,1-2H3. The number of rotatable bonds is 6. The molecule has 2 atom stereocenters. The minimum atomic E-state index is -0.291. The smallest absolute Gasteiger partial charge is 0.227 e. The molecule has 0 spiro atoms. The molecular weight excluding hydrogens is 274 g/mol.